The Hall–Kier alpha value is -0.120. The van der Waals surface area contributed by atoms with Crippen molar-refractivity contribution < 1.29 is 14.6 Å². The van der Waals surface area contributed by atoms with Crippen LogP contribution in [0.3, 0.4) is 0 Å². The average molecular weight is 176 g/mol. The summed E-state index contributed by atoms with van der Waals surface area (Å²) < 4.78 is 10.7. The third-order valence-corrected chi connectivity index (χ3v) is 1.30. The molecule has 0 heterocycles. The second-order valence-corrected chi connectivity index (χ2v) is 3.15. The Balaban J connectivity index is 3.14. The summed E-state index contributed by atoms with van der Waals surface area (Å²) in [5, 5.41) is 8.47. The lowest BCUT2D eigenvalue weighted by Crippen LogP contribution is -2.20. The van der Waals surface area contributed by atoms with Gasteiger partial charge in [-0.25, -0.2) is 0 Å². The fourth-order valence-electron chi connectivity index (χ4n) is 0.920. The molecule has 1 atom stereocenters. The monoisotopic (exact) mass is 176 g/mol. The van der Waals surface area contributed by atoms with Gasteiger partial charge < -0.3 is 14.6 Å². The molecule has 0 saturated carbocycles. The van der Waals surface area contributed by atoms with Crippen molar-refractivity contribution in [2.45, 2.75) is 39.4 Å². The molecule has 0 bridgehead atoms. The summed E-state index contributed by atoms with van der Waals surface area (Å²) in [6, 6.07) is 0. The van der Waals surface area contributed by atoms with Gasteiger partial charge in [-0.05, 0) is 27.2 Å². The molecule has 12 heavy (non-hydrogen) atoms. The lowest BCUT2D eigenvalue weighted by atomic mass is 10.4. The zero-order chi connectivity index (χ0) is 9.40. The van der Waals surface area contributed by atoms with Crippen molar-refractivity contribution in [3.63, 3.8) is 0 Å². The summed E-state index contributed by atoms with van der Waals surface area (Å²) in [5.41, 5.74) is 0. The van der Waals surface area contributed by atoms with Crippen molar-refractivity contribution >= 4 is 0 Å². The van der Waals surface area contributed by atoms with Gasteiger partial charge in [0.15, 0.2) is 0 Å². The normalized spacial score (nSPS) is 13.8. The lowest BCUT2D eigenvalue weighted by molar-refractivity contribution is -0.0364. The Morgan fingerprint density at radius 2 is 1.92 bits per heavy atom. The van der Waals surface area contributed by atoms with Gasteiger partial charge in [-0.15, -0.1) is 0 Å². The molecule has 0 rings (SSSR count). The fourth-order valence-corrected chi connectivity index (χ4v) is 0.920. The van der Waals surface area contributed by atoms with Gasteiger partial charge >= 0.3 is 0 Å². The Bertz CT molecular complexity index is 93.8. The van der Waals surface area contributed by atoms with Crippen LogP contribution in [0.4, 0.5) is 0 Å². The smallest absolute Gasteiger partial charge is 0.0783 e. The Kier molecular flexibility index (Phi) is 7.45. The van der Waals surface area contributed by atoms with Crippen LogP contribution in [0.1, 0.15) is 27.2 Å². The van der Waals surface area contributed by atoms with Crippen LogP contribution in [0.5, 0.6) is 0 Å². The Morgan fingerprint density at radius 3 is 2.42 bits per heavy atom. The predicted octanol–water partition coefficient (Wildman–Crippen LogP) is 1.20. The molecule has 0 aliphatic carbocycles. The molecule has 0 aromatic rings. The van der Waals surface area contributed by atoms with Crippen molar-refractivity contribution in [3.8, 4) is 0 Å². The first-order chi connectivity index (χ1) is 5.66. The number of rotatable bonds is 7. The number of aliphatic hydroxyl groups is 1. The van der Waals surface area contributed by atoms with Crippen molar-refractivity contribution in [2.24, 2.45) is 0 Å². The van der Waals surface area contributed by atoms with Crippen LogP contribution < -0.4 is 0 Å². The van der Waals surface area contributed by atoms with Gasteiger partial charge in [0.25, 0.3) is 0 Å². The third kappa shape index (κ3) is 7.98. The van der Waals surface area contributed by atoms with E-state index in [2.05, 4.69) is 0 Å². The van der Waals surface area contributed by atoms with E-state index in [0.717, 1.165) is 0 Å². The number of aliphatic hydroxyl groups excluding tert-OH is 1. The minimum atomic E-state index is 0.142. The predicted molar refractivity (Wildman–Crippen MR) is 48.2 cm³/mol. The summed E-state index contributed by atoms with van der Waals surface area (Å²) in [4.78, 5) is 0. The highest BCUT2D eigenvalue weighted by Crippen LogP contribution is 1.97. The second-order valence-electron chi connectivity index (χ2n) is 3.15. The van der Waals surface area contributed by atoms with Gasteiger partial charge in [0.1, 0.15) is 0 Å². The molecule has 3 nitrogen and oxygen atoms in total. The summed E-state index contributed by atoms with van der Waals surface area (Å²) in [6.45, 7) is 7.41. The molecular weight excluding hydrogens is 156 g/mol. The molecule has 0 aliphatic rings. The van der Waals surface area contributed by atoms with Crippen LogP contribution in [0, 0.1) is 0 Å². The molecule has 1 unspecified atom stereocenters. The molecule has 0 aromatic heterocycles. The number of ether oxygens (including phenoxy) is 2. The fraction of sp³-hybridized carbons (Fsp3) is 1.00. The van der Waals surface area contributed by atoms with Gasteiger partial charge in [0, 0.05) is 13.2 Å². The maximum Gasteiger partial charge on any atom is 0.0783 e. The minimum Gasteiger partial charge on any atom is -0.396 e. The largest absolute Gasteiger partial charge is 0.396 e. The van der Waals surface area contributed by atoms with Crippen LogP contribution in [-0.2, 0) is 9.47 Å². The van der Waals surface area contributed by atoms with E-state index in [1.165, 1.54) is 0 Å². The first-order valence-electron chi connectivity index (χ1n) is 4.51. The van der Waals surface area contributed by atoms with E-state index in [1.807, 2.05) is 20.8 Å². The number of hydrogen-bond acceptors (Lipinski definition) is 3. The van der Waals surface area contributed by atoms with Gasteiger partial charge in [-0.2, -0.15) is 0 Å². The van der Waals surface area contributed by atoms with E-state index >= 15 is 0 Å². The minimum absolute atomic E-state index is 0.142. The van der Waals surface area contributed by atoms with Gasteiger partial charge in [0.2, 0.25) is 0 Å². The summed E-state index contributed by atoms with van der Waals surface area (Å²) >= 11 is 0. The van der Waals surface area contributed by atoms with Gasteiger partial charge in [-0.3, -0.25) is 0 Å². The molecule has 1 N–H and O–H groups in total. The van der Waals surface area contributed by atoms with Crippen LogP contribution in [0.2, 0.25) is 0 Å². The zero-order valence-electron chi connectivity index (χ0n) is 8.25. The van der Waals surface area contributed by atoms with Crippen molar-refractivity contribution in [1.82, 2.24) is 0 Å². The SMILES string of the molecule is CC(C)OC(C)COCCCO. The third-order valence-electron chi connectivity index (χ3n) is 1.30. The molecule has 3 heteroatoms. The quantitative estimate of drug-likeness (QED) is 0.592. The molecule has 0 aromatic carbocycles. The summed E-state index contributed by atoms with van der Waals surface area (Å²) in [5.74, 6) is 0. The molecule has 0 amide bonds. The summed E-state index contributed by atoms with van der Waals surface area (Å²) in [7, 11) is 0. The van der Waals surface area contributed by atoms with E-state index in [0.29, 0.717) is 19.6 Å². The highest BCUT2D eigenvalue weighted by atomic mass is 16.5. The molecular formula is C9H20O3. The van der Waals surface area contributed by atoms with E-state index in [1.54, 1.807) is 0 Å². The highest BCUT2D eigenvalue weighted by Gasteiger charge is 2.03. The number of hydrogen-bond donors (Lipinski definition) is 1. The van der Waals surface area contributed by atoms with Crippen molar-refractivity contribution in [1.29, 1.82) is 0 Å². The van der Waals surface area contributed by atoms with Crippen LogP contribution in [-0.4, -0.2) is 37.1 Å². The standard InChI is InChI=1S/C9H20O3/c1-8(2)12-9(3)7-11-6-4-5-10/h8-10H,4-7H2,1-3H3. The first kappa shape index (κ1) is 11.9. The van der Waals surface area contributed by atoms with E-state index in [4.69, 9.17) is 14.6 Å². The van der Waals surface area contributed by atoms with E-state index in [-0.39, 0.29) is 18.8 Å². The highest BCUT2D eigenvalue weighted by molar-refractivity contribution is 4.49. The van der Waals surface area contributed by atoms with Crippen molar-refractivity contribution in [2.75, 3.05) is 19.8 Å². The maximum atomic E-state index is 8.47. The Labute approximate surface area is 74.7 Å². The average Bonchev–Trinajstić information content (AvgIpc) is 1.97. The molecule has 0 fully saturated rings. The van der Waals surface area contributed by atoms with Crippen LogP contribution in [0.15, 0.2) is 0 Å². The van der Waals surface area contributed by atoms with Crippen molar-refractivity contribution in [3.05, 3.63) is 0 Å². The Morgan fingerprint density at radius 1 is 1.25 bits per heavy atom. The molecule has 0 radical (unpaired) electrons. The first-order valence-corrected chi connectivity index (χ1v) is 4.51. The molecule has 0 spiro atoms. The zero-order valence-corrected chi connectivity index (χ0v) is 8.25. The van der Waals surface area contributed by atoms with E-state index < -0.39 is 0 Å². The van der Waals surface area contributed by atoms with Crippen LogP contribution >= 0.6 is 0 Å². The summed E-state index contributed by atoms with van der Waals surface area (Å²) in [6.07, 6.45) is 1.10. The van der Waals surface area contributed by atoms with E-state index in [9.17, 15) is 0 Å². The molecule has 0 aliphatic heterocycles. The lowest BCUT2D eigenvalue weighted by Gasteiger charge is -2.15. The van der Waals surface area contributed by atoms with Crippen LogP contribution in [0.25, 0.3) is 0 Å². The second kappa shape index (κ2) is 7.53. The molecule has 0 saturated heterocycles. The maximum absolute atomic E-state index is 8.47. The van der Waals surface area contributed by atoms with Gasteiger partial charge in [0.05, 0.1) is 18.8 Å². The molecule has 74 valence electrons. The topological polar surface area (TPSA) is 38.7 Å². The van der Waals surface area contributed by atoms with Gasteiger partial charge in [-0.1, -0.05) is 0 Å².